The molecule has 1 aromatic rings. The predicted molar refractivity (Wildman–Crippen MR) is 233 cm³/mol. The van der Waals surface area contributed by atoms with Gasteiger partial charge in [0, 0.05) is 85.7 Å². The fourth-order valence-corrected chi connectivity index (χ4v) is 9.13. The fourth-order valence-electron chi connectivity index (χ4n) is 9.13. The maximum Gasteiger partial charge on any atom is 0.232 e. The average molecular weight is 798 g/mol. The van der Waals surface area contributed by atoms with Crippen LogP contribution in [-0.4, -0.2) is 146 Å². The number of likely N-dealkylation sites (N-methyl/N-ethyl adjacent to an activating group) is 2. The number of nitrogens with zero attached hydrogens (tertiary/aromatic N) is 6. The molecular weight excluding hydrogens is 722 g/mol. The quantitative estimate of drug-likeness (QED) is 0.242. The van der Waals surface area contributed by atoms with Crippen molar-refractivity contribution in [2.75, 3.05) is 86.1 Å². The van der Waals surface area contributed by atoms with E-state index >= 15 is 0 Å². The van der Waals surface area contributed by atoms with Crippen LogP contribution in [0.4, 0.5) is 4.39 Å². The molecule has 3 saturated heterocycles. The number of ketones is 2. The number of nitrogens with one attached hydrogen (secondary N) is 1. The van der Waals surface area contributed by atoms with E-state index in [4.69, 9.17) is 4.99 Å². The summed E-state index contributed by atoms with van der Waals surface area (Å²) >= 11 is 0. The molecular formula is C45H76FN7O4. The summed E-state index contributed by atoms with van der Waals surface area (Å²) in [4.78, 5) is 70.4. The van der Waals surface area contributed by atoms with Crippen LogP contribution in [0.3, 0.4) is 0 Å². The van der Waals surface area contributed by atoms with Crippen LogP contribution in [0.2, 0.25) is 0 Å². The third kappa shape index (κ3) is 11.2. The van der Waals surface area contributed by atoms with Crippen LogP contribution in [0.5, 0.6) is 0 Å². The van der Waals surface area contributed by atoms with E-state index in [0.717, 1.165) is 57.1 Å². The number of carbonyl (C=O) groups excluding carboxylic acids is 4. The second-order valence-corrected chi connectivity index (χ2v) is 15.9. The molecule has 0 radical (unpaired) electrons. The number of Topliss-reactive ketones (excluding diaryl/α,β-unsaturated/α-hetero) is 2. The van der Waals surface area contributed by atoms with Gasteiger partial charge < -0.3 is 29.8 Å². The molecule has 2 unspecified atom stereocenters. The number of guanidine groups is 1. The maximum absolute atomic E-state index is 14.5. The number of likely N-dealkylation sites (tertiary alicyclic amines) is 2. The summed E-state index contributed by atoms with van der Waals surface area (Å²) in [6, 6.07) is 5.49. The molecule has 4 aliphatic heterocycles. The second-order valence-electron chi connectivity index (χ2n) is 15.9. The molecule has 0 spiro atoms. The van der Waals surface area contributed by atoms with Gasteiger partial charge in [0.05, 0.1) is 24.5 Å². The largest absolute Gasteiger partial charge is 0.345 e. The van der Waals surface area contributed by atoms with E-state index in [2.05, 4.69) is 26.9 Å². The average Bonchev–Trinajstić information content (AvgIpc) is 3.90. The minimum atomic E-state index is -0.617. The number of aliphatic imine (C=N–C) groups is 1. The lowest BCUT2D eigenvalue weighted by molar-refractivity contribution is -0.144. The number of piperazine rings is 1. The van der Waals surface area contributed by atoms with Crippen LogP contribution in [0.25, 0.3) is 0 Å². The van der Waals surface area contributed by atoms with Crippen molar-refractivity contribution in [3.63, 3.8) is 0 Å². The highest BCUT2D eigenvalue weighted by Gasteiger charge is 2.45. The number of halogens is 1. The van der Waals surface area contributed by atoms with Crippen LogP contribution in [-0.2, 0) is 14.4 Å². The van der Waals surface area contributed by atoms with Gasteiger partial charge in [0.2, 0.25) is 11.8 Å². The van der Waals surface area contributed by atoms with Crippen molar-refractivity contribution in [2.24, 2.45) is 22.2 Å². The van der Waals surface area contributed by atoms with Gasteiger partial charge in [0.25, 0.3) is 0 Å². The van der Waals surface area contributed by atoms with Gasteiger partial charge in [-0.1, -0.05) is 41.7 Å². The Balaban J connectivity index is 0.00000286. The van der Waals surface area contributed by atoms with Crippen LogP contribution in [0.15, 0.2) is 52.6 Å². The highest BCUT2D eigenvalue weighted by molar-refractivity contribution is 6.11. The maximum atomic E-state index is 14.5. The zero-order valence-electron chi connectivity index (χ0n) is 34.1. The minimum absolute atomic E-state index is 0. The van der Waals surface area contributed by atoms with Crippen LogP contribution < -0.4 is 5.32 Å². The number of rotatable bonds is 12. The summed E-state index contributed by atoms with van der Waals surface area (Å²) in [5.41, 5.74) is 1.44. The number of allylic oxidation sites excluding steroid dienone is 3. The Hall–Kier alpha value is -3.90. The Bertz CT molecular complexity index is 1620. The van der Waals surface area contributed by atoms with E-state index in [1.54, 1.807) is 7.05 Å². The summed E-state index contributed by atoms with van der Waals surface area (Å²) < 4.78 is 13.5. The third-order valence-electron chi connectivity index (χ3n) is 12.2. The Kier molecular flexibility index (Phi) is 18.1. The zero-order valence-corrected chi connectivity index (χ0v) is 34.1. The Morgan fingerprint density at radius 2 is 1.65 bits per heavy atom. The summed E-state index contributed by atoms with van der Waals surface area (Å²) in [6.45, 7) is 16.4. The summed E-state index contributed by atoms with van der Waals surface area (Å²) in [5.74, 6) is 0.489. The lowest BCUT2D eigenvalue weighted by Crippen LogP contribution is -2.59. The number of piperidine rings is 1. The first-order valence-electron chi connectivity index (χ1n) is 20.7. The normalized spacial score (nSPS) is 23.3. The molecule has 0 bridgehead atoms. The predicted octanol–water partition coefficient (Wildman–Crippen LogP) is 6.42. The molecule has 5 aliphatic rings. The van der Waals surface area contributed by atoms with Crippen molar-refractivity contribution < 1.29 is 26.4 Å². The monoisotopic (exact) mass is 798 g/mol. The van der Waals surface area contributed by atoms with Crippen molar-refractivity contribution in [1.29, 1.82) is 0 Å². The Morgan fingerprint density at radius 1 is 0.982 bits per heavy atom. The Morgan fingerprint density at radius 3 is 2.26 bits per heavy atom. The van der Waals surface area contributed by atoms with Crippen molar-refractivity contribution in [3.05, 3.63) is 58.9 Å². The summed E-state index contributed by atoms with van der Waals surface area (Å²) in [7, 11) is 3.80. The SMILES string of the molecule is C.C.CC.CCN1CCN(C2=NCC(C)(C(=O)N3CCC([C@H](CCC(=O)CNC)C(=O)N4CCCC4C4=CC(C(=O)c5ccc(F)cc5)=CC4)CC3)CN2C)CC1.[HH].[HH]. The topological polar surface area (TPSA) is 109 Å². The van der Waals surface area contributed by atoms with Crippen LogP contribution in [0.1, 0.15) is 101 Å². The first-order valence-corrected chi connectivity index (χ1v) is 20.7. The molecule has 3 atom stereocenters. The smallest absolute Gasteiger partial charge is 0.232 e. The lowest BCUT2D eigenvalue weighted by Gasteiger charge is -2.46. The van der Waals surface area contributed by atoms with Gasteiger partial charge >= 0.3 is 0 Å². The van der Waals surface area contributed by atoms with Gasteiger partial charge in [-0.3, -0.25) is 24.2 Å². The first kappa shape index (κ1) is 47.5. The van der Waals surface area contributed by atoms with E-state index < -0.39 is 5.41 Å². The van der Waals surface area contributed by atoms with Crippen molar-refractivity contribution in [3.8, 4) is 0 Å². The number of benzene rings is 1. The second kappa shape index (κ2) is 21.7. The summed E-state index contributed by atoms with van der Waals surface area (Å²) in [5, 5.41) is 2.94. The van der Waals surface area contributed by atoms with Crippen molar-refractivity contribution >= 4 is 29.3 Å². The van der Waals surface area contributed by atoms with Crippen LogP contribution in [0, 0.1) is 23.1 Å². The molecule has 1 aromatic carbocycles. The molecule has 6 rings (SSSR count). The molecule has 4 heterocycles. The standard InChI is InChI=1S/C41H58FN7O4.C2H6.2CH4.2H2/c1-5-46-21-23-48(24-22-46)40-44-27-41(2,28-45(40)4)39(53)47-19-16-29(17-20-47)35(15-14-34(50)26-43-3)38(52)49-18-6-7-36(49)31-8-9-32(25-31)37(51)30-10-12-33(42)13-11-30;1-2;;;;/h9-13,25,29,35-36,43H,5-8,14-24,26-28H2,1-4H3;1-2H3;2*1H4;2*1H/t35-,36?,41?;;;;;/m0...../s1. The van der Waals surface area contributed by atoms with Gasteiger partial charge in [-0.05, 0) is 101 Å². The molecule has 322 valence electrons. The molecule has 0 saturated carbocycles. The molecule has 1 aliphatic carbocycles. The first-order chi connectivity index (χ1) is 26.5. The van der Waals surface area contributed by atoms with Gasteiger partial charge in [-0.25, -0.2) is 4.39 Å². The zero-order chi connectivity index (χ0) is 39.7. The van der Waals surface area contributed by atoms with Gasteiger partial charge in [-0.15, -0.1) is 0 Å². The van der Waals surface area contributed by atoms with E-state index in [1.807, 2.05) is 49.8 Å². The molecule has 57 heavy (non-hydrogen) atoms. The number of amides is 2. The van der Waals surface area contributed by atoms with Crippen molar-refractivity contribution in [1.82, 2.24) is 29.8 Å². The molecule has 11 nitrogen and oxygen atoms in total. The van der Waals surface area contributed by atoms with Crippen molar-refractivity contribution in [2.45, 2.75) is 93.5 Å². The molecule has 1 N–H and O–H groups in total. The minimum Gasteiger partial charge on any atom is -0.345 e. The van der Waals surface area contributed by atoms with Gasteiger partial charge in [0.1, 0.15) is 11.6 Å². The molecule has 0 aromatic heterocycles. The number of hydrogen-bond donors (Lipinski definition) is 1. The van der Waals surface area contributed by atoms with Crippen LogP contribution >= 0.6 is 0 Å². The van der Waals surface area contributed by atoms with Gasteiger partial charge in [0.15, 0.2) is 11.7 Å². The highest BCUT2D eigenvalue weighted by Crippen LogP contribution is 2.37. The third-order valence-corrected chi connectivity index (χ3v) is 12.2. The fraction of sp³-hybridized carbons (Fsp3) is 0.667. The van der Waals surface area contributed by atoms with E-state index in [0.29, 0.717) is 76.0 Å². The lowest BCUT2D eigenvalue weighted by atomic mass is 9.79. The molecule has 2 amide bonds. The molecule has 12 heteroatoms. The highest BCUT2D eigenvalue weighted by atomic mass is 19.1. The van der Waals surface area contributed by atoms with E-state index in [-0.39, 0.29) is 71.3 Å². The number of hydrogen-bond acceptors (Lipinski definition) is 9. The number of carbonyl (C=O) groups is 4. The van der Waals surface area contributed by atoms with E-state index in [1.165, 1.54) is 24.3 Å². The summed E-state index contributed by atoms with van der Waals surface area (Å²) in [6.07, 6.45) is 8.36. The van der Waals surface area contributed by atoms with Gasteiger partial charge in [-0.2, -0.15) is 0 Å². The van der Waals surface area contributed by atoms with E-state index in [9.17, 15) is 23.6 Å². The Labute approximate surface area is 345 Å². The molecule has 3 fully saturated rings.